The fourth-order valence-electron chi connectivity index (χ4n) is 3.92. The van der Waals surface area contributed by atoms with Crippen molar-refractivity contribution in [3.63, 3.8) is 0 Å². The average Bonchev–Trinajstić information content (AvgIpc) is 2.69. The minimum atomic E-state index is -2.73. The fraction of sp³-hybridized carbons (Fsp3) is 1.00. The van der Waals surface area contributed by atoms with Crippen LogP contribution in [0.3, 0.4) is 0 Å². The molecule has 2 rings (SSSR count). The summed E-state index contributed by atoms with van der Waals surface area (Å²) < 4.78 is 23.1. The molecule has 0 aromatic rings. The van der Waals surface area contributed by atoms with E-state index in [1.807, 2.05) is 7.05 Å². The lowest BCUT2D eigenvalue weighted by molar-refractivity contribution is 0.162. The van der Waals surface area contributed by atoms with E-state index in [0.29, 0.717) is 23.5 Å². The van der Waals surface area contributed by atoms with E-state index in [2.05, 4.69) is 19.2 Å². The smallest absolute Gasteiger partial charge is 0.150 e. The SMILES string of the molecule is CNC(CC1CCS(=O)(=O)C1)C1CCC(C)C(C)C1. The molecule has 112 valence electrons. The molecule has 1 saturated heterocycles. The van der Waals surface area contributed by atoms with Crippen LogP contribution in [0, 0.1) is 23.7 Å². The van der Waals surface area contributed by atoms with E-state index in [9.17, 15) is 8.42 Å². The first-order valence-corrected chi connectivity index (χ1v) is 9.61. The van der Waals surface area contributed by atoms with Crippen molar-refractivity contribution in [2.75, 3.05) is 18.6 Å². The van der Waals surface area contributed by atoms with Crippen LogP contribution in [-0.2, 0) is 9.84 Å². The molecule has 0 radical (unpaired) electrons. The molecule has 2 fully saturated rings. The highest BCUT2D eigenvalue weighted by Gasteiger charge is 2.34. The van der Waals surface area contributed by atoms with Crippen molar-refractivity contribution in [3.8, 4) is 0 Å². The van der Waals surface area contributed by atoms with Gasteiger partial charge >= 0.3 is 0 Å². The van der Waals surface area contributed by atoms with Crippen LogP contribution in [0.15, 0.2) is 0 Å². The molecule has 0 bridgehead atoms. The van der Waals surface area contributed by atoms with Crippen molar-refractivity contribution < 1.29 is 8.42 Å². The summed E-state index contributed by atoms with van der Waals surface area (Å²) in [7, 11) is -0.689. The number of sulfone groups is 1. The quantitative estimate of drug-likeness (QED) is 0.864. The lowest BCUT2D eigenvalue weighted by Crippen LogP contribution is -2.39. The van der Waals surface area contributed by atoms with Gasteiger partial charge in [-0.2, -0.15) is 0 Å². The Balaban J connectivity index is 1.90. The Kier molecular flexibility index (Phi) is 4.93. The van der Waals surface area contributed by atoms with Gasteiger partial charge in [-0.25, -0.2) is 8.42 Å². The first-order valence-electron chi connectivity index (χ1n) is 7.79. The summed E-state index contributed by atoms with van der Waals surface area (Å²) in [6, 6.07) is 0.508. The van der Waals surface area contributed by atoms with Crippen molar-refractivity contribution in [2.24, 2.45) is 23.7 Å². The maximum atomic E-state index is 11.6. The summed E-state index contributed by atoms with van der Waals surface area (Å²) >= 11 is 0. The summed E-state index contributed by atoms with van der Waals surface area (Å²) in [4.78, 5) is 0. The fourth-order valence-corrected chi connectivity index (χ4v) is 5.80. The van der Waals surface area contributed by atoms with Gasteiger partial charge in [-0.3, -0.25) is 0 Å². The van der Waals surface area contributed by atoms with Crippen molar-refractivity contribution >= 4 is 9.84 Å². The summed E-state index contributed by atoms with van der Waals surface area (Å²) in [5.74, 6) is 3.61. The molecule has 1 aliphatic carbocycles. The molecule has 19 heavy (non-hydrogen) atoms. The van der Waals surface area contributed by atoms with Crippen LogP contribution < -0.4 is 5.32 Å². The van der Waals surface area contributed by atoms with Crippen LogP contribution in [-0.4, -0.2) is 33.0 Å². The molecule has 0 aromatic heterocycles. The highest BCUT2D eigenvalue weighted by atomic mass is 32.2. The van der Waals surface area contributed by atoms with E-state index >= 15 is 0 Å². The molecule has 2 aliphatic rings. The third-order valence-corrected chi connectivity index (χ3v) is 7.33. The van der Waals surface area contributed by atoms with Gasteiger partial charge in [0.15, 0.2) is 9.84 Å². The largest absolute Gasteiger partial charge is 0.317 e. The van der Waals surface area contributed by atoms with Gasteiger partial charge in [-0.1, -0.05) is 20.3 Å². The summed E-state index contributed by atoms with van der Waals surface area (Å²) in [5, 5.41) is 3.47. The zero-order valence-electron chi connectivity index (χ0n) is 12.6. The minimum Gasteiger partial charge on any atom is -0.317 e. The van der Waals surface area contributed by atoms with Crippen LogP contribution in [0.5, 0.6) is 0 Å². The van der Waals surface area contributed by atoms with Crippen LogP contribution in [0.2, 0.25) is 0 Å². The Morgan fingerprint density at radius 2 is 1.89 bits per heavy atom. The maximum Gasteiger partial charge on any atom is 0.150 e. The summed E-state index contributed by atoms with van der Waals surface area (Å²) in [5.41, 5.74) is 0. The normalized spacial score (nSPS) is 40.2. The lowest BCUT2D eigenvalue weighted by Gasteiger charge is -2.37. The minimum absolute atomic E-state index is 0.386. The molecular weight excluding hydrogens is 258 g/mol. The molecule has 0 aromatic carbocycles. The van der Waals surface area contributed by atoms with Crippen LogP contribution in [0.1, 0.15) is 46.0 Å². The Labute approximate surface area is 118 Å². The van der Waals surface area contributed by atoms with E-state index in [0.717, 1.165) is 30.6 Å². The van der Waals surface area contributed by atoms with Crippen molar-refractivity contribution in [1.29, 1.82) is 0 Å². The zero-order chi connectivity index (χ0) is 14.0. The first kappa shape index (κ1) is 15.3. The van der Waals surface area contributed by atoms with E-state index < -0.39 is 9.84 Å². The third-order valence-electron chi connectivity index (χ3n) is 5.49. The topological polar surface area (TPSA) is 46.2 Å². The second-order valence-corrected chi connectivity index (χ2v) is 9.16. The van der Waals surface area contributed by atoms with Gasteiger partial charge in [-0.05, 0) is 56.4 Å². The van der Waals surface area contributed by atoms with Crippen LogP contribution in [0.4, 0.5) is 0 Å². The predicted molar refractivity (Wildman–Crippen MR) is 79.9 cm³/mol. The molecule has 3 nitrogen and oxygen atoms in total. The van der Waals surface area contributed by atoms with Gasteiger partial charge in [-0.15, -0.1) is 0 Å². The second-order valence-electron chi connectivity index (χ2n) is 6.93. The van der Waals surface area contributed by atoms with Crippen molar-refractivity contribution in [2.45, 2.75) is 52.0 Å². The maximum absolute atomic E-state index is 11.6. The molecular formula is C15H29NO2S. The molecule has 4 heteroatoms. The summed E-state index contributed by atoms with van der Waals surface area (Å²) in [6.45, 7) is 4.72. The van der Waals surface area contributed by atoms with Gasteiger partial charge in [0.2, 0.25) is 0 Å². The van der Waals surface area contributed by atoms with Gasteiger partial charge in [0, 0.05) is 6.04 Å². The van der Waals surface area contributed by atoms with Gasteiger partial charge in [0.25, 0.3) is 0 Å². The van der Waals surface area contributed by atoms with E-state index in [1.54, 1.807) is 0 Å². The number of nitrogens with one attached hydrogen (secondary N) is 1. The Morgan fingerprint density at radius 1 is 1.16 bits per heavy atom. The summed E-state index contributed by atoms with van der Waals surface area (Å²) in [6.07, 6.45) is 5.84. The molecule has 1 aliphatic heterocycles. The van der Waals surface area contributed by atoms with E-state index in [1.165, 1.54) is 19.3 Å². The first-order chi connectivity index (χ1) is 8.91. The Bertz CT molecular complexity index is 393. The highest BCUT2D eigenvalue weighted by molar-refractivity contribution is 7.91. The van der Waals surface area contributed by atoms with Crippen molar-refractivity contribution in [1.82, 2.24) is 5.32 Å². The van der Waals surface area contributed by atoms with Gasteiger partial charge in [0.1, 0.15) is 0 Å². The lowest BCUT2D eigenvalue weighted by atomic mass is 9.72. The van der Waals surface area contributed by atoms with E-state index in [4.69, 9.17) is 0 Å². The van der Waals surface area contributed by atoms with Gasteiger partial charge < -0.3 is 5.32 Å². The second kappa shape index (κ2) is 6.13. The number of hydrogen-bond acceptors (Lipinski definition) is 3. The Hall–Kier alpha value is -0.0900. The van der Waals surface area contributed by atoms with Crippen LogP contribution >= 0.6 is 0 Å². The molecule has 1 heterocycles. The molecule has 1 saturated carbocycles. The standard InChI is InChI=1S/C15H29NO2S/c1-11-4-5-14(8-12(11)2)15(16-3)9-13-6-7-19(17,18)10-13/h11-16H,4-10H2,1-3H3. The average molecular weight is 287 g/mol. The molecule has 0 amide bonds. The van der Waals surface area contributed by atoms with Gasteiger partial charge in [0.05, 0.1) is 11.5 Å². The monoisotopic (exact) mass is 287 g/mol. The third kappa shape index (κ3) is 3.94. The number of rotatable bonds is 4. The number of hydrogen-bond donors (Lipinski definition) is 1. The molecule has 1 N–H and O–H groups in total. The van der Waals surface area contributed by atoms with E-state index in [-0.39, 0.29) is 0 Å². The molecule has 5 atom stereocenters. The molecule has 0 spiro atoms. The van der Waals surface area contributed by atoms with Crippen molar-refractivity contribution in [3.05, 3.63) is 0 Å². The zero-order valence-corrected chi connectivity index (χ0v) is 13.4. The Morgan fingerprint density at radius 3 is 2.42 bits per heavy atom. The predicted octanol–water partition coefficient (Wildman–Crippen LogP) is 2.47. The molecule has 5 unspecified atom stereocenters. The highest BCUT2D eigenvalue weighted by Crippen LogP contribution is 2.37. The van der Waals surface area contributed by atoms with Crippen LogP contribution in [0.25, 0.3) is 0 Å².